The molecular formula is C24H26N2O5S. The first-order chi connectivity index (χ1) is 15.5. The van der Waals surface area contributed by atoms with Crippen LogP contribution in [0.15, 0.2) is 47.8 Å². The number of rotatable bonds is 10. The number of nitrogens with one attached hydrogen (secondary N) is 1. The van der Waals surface area contributed by atoms with Crippen molar-refractivity contribution in [1.29, 1.82) is 0 Å². The molecule has 0 aliphatic rings. The van der Waals surface area contributed by atoms with Crippen LogP contribution in [0.4, 0.5) is 5.00 Å². The normalized spacial score (nSPS) is 10.5. The molecule has 0 saturated heterocycles. The predicted octanol–water partition coefficient (Wildman–Crippen LogP) is 3.69. The Morgan fingerprint density at radius 2 is 1.53 bits per heavy atom. The van der Waals surface area contributed by atoms with E-state index in [1.165, 1.54) is 11.3 Å². The van der Waals surface area contributed by atoms with Crippen LogP contribution in [-0.2, 0) is 17.6 Å². The van der Waals surface area contributed by atoms with Crippen LogP contribution in [0, 0.1) is 0 Å². The van der Waals surface area contributed by atoms with E-state index in [0.717, 1.165) is 24.0 Å². The van der Waals surface area contributed by atoms with Gasteiger partial charge in [0.2, 0.25) is 11.7 Å². The van der Waals surface area contributed by atoms with E-state index in [-0.39, 0.29) is 18.2 Å². The maximum atomic E-state index is 12.9. The van der Waals surface area contributed by atoms with Crippen LogP contribution in [0.3, 0.4) is 0 Å². The van der Waals surface area contributed by atoms with Gasteiger partial charge in [-0.05, 0) is 47.5 Å². The molecule has 32 heavy (non-hydrogen) atoms. The van der Waals surface area contributed by atoms with E-state index >= 15 is 0 Å². The number of nitrogens with two attached hydrogens (primary N) is 1. The highest BCUT2D eigenvalue weighted by atomic mass is 32.1. The molecule has 0 unspecified atom stereocenters. The summed E-state index contributed by atoms with van der Waals surface area (Å²) < 4.78 is 16.2. The highest BCUT2D eigenvalue weighted by Crippen LogP contribution is 2.38. The molecule has 168 valence electrons. The summed E-state index contributed by atoms with van der Waals surface area (Å²) in [6.45, 7) is -0.133. The lowest BCUT2D eigenvalue weighted by atomic mass is 10.00. The van der Waals surface area contributed by atoms with Crippen LogP contribution >= 0.6 is 11.3 Å². The number of ether oxygens (including phenoxy) is 3. The first-order valence-electron chi connectivity index (χ1n) is 10.0. The highest BCUT2D eigenvalue weighted by Gasteiger charge is 2.17. The Hall–Kier alpha value is -3.36. The molecule has 0 radical (unpaired) electrons. The summed E-state index contributed by atoms with van der Waals surface area (Å²) in [7, 11) is 4.77. The Morgan fingerprint density at radius 1 is 0.906 bits per heavy atom. The Morgan fingerprint density at radius 3 is 2.09 bits per heavy atom. The predicted molar refractivity (Wildman–Crippen MR) is 125 cm³/mol. The number of amides is 1. The lowest BCUT2D eigenvalue weighted by Crippen LogP contribution is -2.22. The molecule has 3 aromatic rings. The van der Waals surface area contributed by atoms with Crippen molar-refractivity contribution in [3.05, 3.63) is 70.1 Å². The first-order valence-corrected chi connectivity index (χ1v) is 10.9. The molecule has 1 amide bonds. The number of ketones is 1. The van der Waals surface area contributed by atoms with Gasteiger partial charge in [-0.15, -0.1) is 11.3 Å². The minimum Gasteiger partial charge on any atom is -0.493 e. The zero-order valence-electron chi connectivity index (χ0n) is 18.3. The third-order valence-electron chi connectivity index (χ3n) is 4.99. The zero-order valence-corrected chi connectivity index (χ0v) is 19.1. The van der Waals surface area contributed by atoms with Gasteiger partial charge < -0.3 is 25.3 Å². The minimum atomic E-state index is -0.330. The molecule has 1 heterocycles. The van der Waals surface area contributed by atoms with Crippen LogP contribution in [-0.4, -0.2) is 39.6 Å². The van der Waals surface area contributed by atoms with Crippen LogP contribution < -0.4 is 25.3 Å². The summed E-state index contributed by atoms with van der Waals surface area (Å²) in [5.41, 5.74) is 8.51. The molecule has 0 aliphatic heterocycles. The summed E-state index contributed by atoms with van der Waals surface area (Å²) in [6, 6.07) is 13.1. The van der Waals surface area contributed by atoms with Gasteiger partial charge in [0.05, 0.1) is 33.4 Å². The Bertz CT molecular complexity index is 1070. The number of aryl methyl sites for hydroxylation is 2. The molecule has 0 bridgehead atoms. The van der Waals surface area contributed by atoms with Crippen LogP contribution in [0.2, 0.25) is 0 Å². The van der Waals surface area contributed by atoms with Gasteiger partial charge in [-0.3, -0.25) is 9.59 Å². The number of benzene rings is 2. The number of hydrogen-bond acceptors (Lipinski definition) is 7. The number of hydrogen-bond donors (Lipinski definition) is 2. The maximum absolute atomic E-state index is 12.9. The molecule has 3 N–H and O–H groups in total. The Balaban J connectivity index is 1.70. The molecule has 0 fully saturated rings. The molecule has 0 spiro atoms. The highest BCUT2D eigenvalue weighted by molar-refractivity contribution is 7.14. The number of thiophene rings is 1. The van der Waals surface area contributed by atoms with E-state index in [9.17, 15) is 9.59 Å². The van der Waals surface area contributed by atoms with Gasteiger partial charge in [0, 0.05) is 5.56 Å². The molecule has 0 atom stereocenters. The van der Waals surface area contributed by atoms with Gasteiger partial charge in [0.1, 0.15) is 5.00 Å². The number of carbonyl (C=O) groups excluding carboxylic acids is 2. The molecule has 1 aromatic heterocycles. The molecule has 0 saturated carbocycles. The topological polar surface area (TPSA) is 99.9 Å². The van der Waals surface area contributed by atoms with Gasteiger partial charge >= 0.3 is 0 Å². The third-order valence-corrected chi connectivity index (χ3v) is 5.82. The average Bonchev–Trinajstić information content (AvgIpc) is 3.29. The van der Waals surface area contributed by atoms with E-state index in [0.29, 0.717) is 33.4 Å². The molecular weight excluding hydrogens is 428 g/mol. The summed E-state index contributed by atoms with van der Waals surface area (Å²) >= 11 is 1.30. The fourth-order valence-corrected chi connectivity index (χ4v) is 4.11. The van der Waals surface area contributed by atoms with Crippen molar-refractivity contribution in [2.75, 3.05) is 33.2 Å². The quantitative estimate of drug-likeness (QED) is 0.453. The lowest BCUT2D eigenvalue weighted by Gasteiger charge is -2.14. The third kappa shape index (κ3) is 5.27. The average molecular weight is 455 g/mol. The molecule has 8 heteroatoms. The summed E-state index contributed by atoms with van der Waals surface area (Å²) in [4.78, 5) is 24.5. The van der Waals surface area contributed by atoms with Crippen LogP contribution in [0.25, 0.3) is 0 Å². The zero-order chi connectivity index (χ0) is 23.1. The van der Waals surface area contributed by atoms with Crippen molar-refractivity contribution in [1.82, 2.24) is 0 Å². The van der Waals surface area contributed by atoms with E-state index < -0.39 is 0 Å². The van der Waals surface area contributed by atoms with Crippen molar-refractivity contribution < 1.29 is 23.8 Å². The Labute approximate surface area is 191 Å². The Kier molecular flexibility index (Phi) is 7.86. The monoisotopic (exact) mass is 454 g/mol. The first kappa shape index (κ1) is 23.3. The van der Waals surface area contributed by atoms with Gasteiger partial charge in [-0.1, -0.05) is 24.3 Å². The SMILES string of the molecule is COc1cc(CCc2ccc(C(=O)c3ccsc3NC(=O)CN)cc2)cc(OC)c1OC. The molecule has 0 aliphatic carbocycles. The fraction of sp³-hybridized carbons (Fsp3) is 0.250. The molecule has 3 rings (SSSR count). The van der Waals surface area contributed by atoms with Crippen molar-refractivity contribution in [3.63, 3.8) is 0 Å². The second-order valence-electron chi connectivity index (χ2n) is 6.98. The summed E-state index contributed by atoms with van der Waals surface area (Å²) in [5, 5.41) is 4.95. The van der Waals surface area contributed by atoms with Crippen molar-refractivity contribution in [2.24, 2.45) is 5.73 Å². The van der Waals surface area contributed by atoms with Crippen LogP contribution in [0.1, 0.15) is 27.0 Å². The van der Waals surface area contributed by atoms with E-state index in [1.807, 2.05) is 24.3 Å². The van der Waals surface area contributed by atoms with E-state index in [4.69, 9.17) is 19.9 Å². The van der Waals surface area contributed by atoms with Crippen molar-refractivity contribution in [3.8, 4) is 17.2 Å². The standard InChI is InChI=1S/C24H26N2O5S/c1-29-19-12-16(13-20(30-2)23(19)31-3)5-4-15-6-8-17(9-7-15)22(28)18-10-11-32-24(18)26-21(27)14-25/h6-13H,4-5,14,25H2,1-3H3,(H,26,27). The van der Waals surface area contributed by atoms with Gasteiger partial charge in [0.15, 0.2) is 17.3 Å². The van der Waals surface area contributed by atoms with Gasteiger partial charge in [0.25, 0.3) is 0 Å². The molecule has 7 nitrogen and oxygen atoms in total. The second-order valence-corrected chi connectivity index (χ2v) is 7.89. The molecule has 2 aromatic carbocycles. The minimum absolute atomic E-state index is 0.133. The van der Waals surface area contributed by atoms with E-state index in [2.05, 4.69) is 5.32 Å². The lowest BCUT2D eigenvalue weighted by molar-refractivity contribution is -0.114. The smallest absolute Gasteiger partial charge is 0.238 e. The van der Waals surface area contributed by atoms with Crippen molar-refractivity contribution >= 4 is 28.0 Å². The summed E-state index contributed by atoms with van der Waals surface area (Å²) in [6.07, 6.45) is 1.55. The second kappa shape index (κ2) is 10.8. The van der Waals surface area contributed by atoms with Gasteiger partial charge in [-0.25, -0.2) is 0 Å². The maximum Gasteiger partial charge on any atom is 0.238 e. The largest absolute Gasteiger partial charge is 0.493 e. The van der Waals surface area contributed by atoms with Crippen LogP contribution in [0.5, 0.6) is 17.2 Å². The van der Waals surface area contributed by atoms with Crippen molar-refractivity contribution in [2.45, 2.75) is 12.8 Å². The number of methoxy groups -OCH3 is 3. The number of carbonyl (C=O) groups is 2. The fourth-order valence-electron chi connectivity index (χ4n) is 3.31. The van der Waals surface area contributed by atoms with E-state index in [1.54, 1.807) is 44.9 Å². The summed E-state index contributed by atoms with van der Waals surface area (Å²) in [5.74, 6) is 1.34. The van der Waals surface area contributed by atoms with Gasteiger partial charge in [-0.2, -0.15) is 0 Å². The number of anilines is 1.